The van der Waals surface area contributed by atoms with E-state index in [1.165, 1.54) is 0 Å². The number of benzene rings is 2. The topological polar surface area (TPSA) is 72.2 Å². The second-order valence-electron chi connectivity index (χ2n) is 4.00. The van der Waals surface area contributed by atoms with Crippen LogP contribution in [0.15, 0.2) is 39.7 Å². The van der Waals surface area contributed by atoms with Crippen LogP contribution < -0.4 is 10.5 Å². The highest BCUT2D eigenvalue weighted by Crippen LogP contribution is 2.30. The Morgan fingerprint density at radius 2 is 1.76 bits per heavy atom. The summed E-state index contributed by atoms with van der Waals surface area (Å²) in [5, 5.41) is 0. The molecular weight excluding hydrogens is 373 g/mol. The maximum atomic E-state index is 13.6. The van der Waals surface area contributed by atoms with Gasteiger partial charge in [0.1, 0.15) is 16.5 Å². The van der Waals surface area contributed by atoms with Gasteiger partial charge in [0.2, 0.25) is 0 Å². The second-order valence-corrected chi connectivity index (χ2v) is 6.51. The molecule has 0 unspecified atom stereocenters. The number of rotatable bonds is 3. The number of nitrogen functional groups attached to an aromatic ring is 1. The number of sulfonamides is 1. The summed E-state index contributed by atoms with van der Waals surface area (Å²) in [7, 11) is -4.33. The summed E-state index contributed by atoms with van der Waals surface area (Å²) < 4.78 is 65.9. The van der Waals surface area contributed by atoms with E-state index in [0.29, 0.717) is 6.07 Å². The van der Waals surface area contributed by atoms with Gasteiger partial charge in [-0.1, -0.05) is 6.07 Å². The van der Waals surface area contributed by atoms with Crippen LogP contribution >= 0.6 is 15.9 Å². The summed E-state index contributed by atoms with van der Waals surface area (Å²) >= 11 is 2.84. The van der Waals surface area contributed by atoms with Crippen LogP contribution in [-0.2, 0) is 10.0 Å². The van der Waals surface area contributed by atoms with Crippen molar-refractivity contribution in [1.29, 1.82) is 0 Å². The van der Waals surface area contributed by atoms with Crippen molar-refractivity contribution >= 4 is 37.3 Å². The molecule has 0 spiro atoms. The minimum atomic E-state index is -4.33. The SMILES string of the molecule is Nc1c(F)cccc1S(=O)(=O)Nc1c(F)cc(F)cc1Br. The first-order chi connectivity index (χ1) is 9.72. The fraction of sp³-hybridized carbons (Fsp3) is 0. The number of anilines is 2. The molecule has 2 aromatic carbocycles. The predicted octanol–water partition coefficient (Wildman–Crippen LogP) is 3.25. The van der Waals surface area contributed by atoms with Crippen LogP contribution in [0.25, 0.3) is 0 Å². The number of para-hydroxylation sites is 1. The Morgan fingerprint density at radius 3 is 2.38 bits per heavy atom. The van der Waals surface area contributed by atoms with Gasteiger partial charge in [-0.25, -0.2) is 21.6 Å². The van der Waals surface area contributed by atoms with Crippen molar-refractivity contribution in [3.8, 4) is 0 Å². The van der Waals surface area contributed by atoms with Gasteiger partial charge in [-0.15, -0.1) is 0 Å². The van der Waals surface area contributed by atoms with E-state index >= 15 is 0 Å². The van der Waals surface area contributed by atoms with E-state index in [2.05, 4.69) is 15.9 Å². The molecule has 2 aromatic rings. The lowest BCUT2D eigenvalue weighted by Gasteiger charge is -2.12. The fourth-order valence-corrected chi connectivity index (χ4v) is 3.45. The number of hydrogen-bond acceptors (Lipinski definition) is 3. The molecule has 0 bridgehead atoms. The first-order valence-corrected chi connectivity index (χ1v) is 7.71. The third-order valence-corrected chi connectivity index (χ3v) is 4.58. The largest absolute Gasteiger partial charge is 0.395 e. The van der Waals surface area contributed by atoms with Crippen LogP contribution in [0.3, 0.4) is 0 Å². The van der Waals surface area contributed by atoms with E-state index in [9.17, 15) is 21.6 Å². The zero-order chi connectivity index (χ0) is 15.8. The Balaban J connectivity index is 2.50. The van der Waals surface area contributed by atoms with Crippen LogP contribution in [0.1, 0.15) is 0 Å². The van der Waals surface area contributed by atoms with Gasteiger partial charge in [0, 0.05) is 10.5 Å². The molecule has 3 N–H and O–H groups in total. The first-order valence-electron chi connectivity index (χ1n) is 5.43. The number of hydrogen-bond donors (Lipinski definition) is 2. The van der Waals surface area contributed by atoms with Gasteiger partial charge in [-0.2, -0.15) is 0 Å². The molecule has 0 amide bonds. The van der Waals surface area contributed by atoms with Gasteiger partial charge < -0.3 is 5.73 Å². The third kappa shape index (κ3) is 3.13. The molecular formula is C12H8BrF3N2O2S. The molecule has 112 valence electrons. The van der Waals surface area contributed by atoms with Crippen molar-refractivity contribution in [3.05, 3.63) is 52.3 Å². The second kappa shape index (κ2) is 5.57. The standard InChI is InChI=1S/C12H8BrF3N2O2S/c13-7-4-6(14)5-9(16)12(7)18-21(19,20)10-3-1-2-8(15)11(10)17/h1-5,18H,17H2. The minimum absolute atomic E-state index is 0.140. The lowest BCUT2D eigenvalue weighted by atomic mass is 10.3. The van der Waals surface area contributed by atoms with Crippen molar-refractivity contribution < 1.29 is 21.6 Å². The van der Waals surface area contributed by atoms with Crippen LogP contribution in [-0.4, -0.2) is 8.42 Å². The average Bonchev–Trinajstić information content (AvgIpc) is 2.37. The summed E-state index contributed by atoms with van der Waals surface area (Å²) in [4.78, 5) is -0.543. The lowest BCUT2D eigenvalue weighted by molar-refractivity contribution is 0.581. The summed E-state index contributed by atoms with van der Waals surface area (Å²) in [5.41, 5.74) is 4.27. The van der Waals surface area contributed by atoms with Gasteiger partial charge >= 0.3 is 0 Å². The third-order valence-electron chi connectivity index (χ3n) is 2.55. The van der Waals surface area contributed by atoms with E-state index < -0.39 is 43.7 Å². The molecule has 2 rings (SSSR count). The van der Waals surface area contributed by atoms with Crippen molar-refractivity contribution in [2.24, 2.45) is 0 Å². The molecule has 0 aliphatic rings. The van der Waals surface area contributed by atoms with Gasteiger partial charge in [-0.05, 0) is 34.1 Å². The van der Waals surface area contributed by atoms with E-state index in [-0.39, 0.29) is 4.47 Å². The lowest BCUT2D eigenvalue weighted by Crippen LogP contribution is -2.16. The van der Waals surface area contributed by atoms with Crippen molar-refractivity contribution in [2.45, 2.75) is 4.90 Å². The van der Waals surface area contributed by atoms with E-state index in [1.54, 1.807) is 0 Å². The fourth-order valence-electron chi connectivity index (χ4n) is 1.58. The molecule has 0 radical (unpaired) electrons. The van der Waals surface area contributed by atoms with Crippen LogP contribution in [0.4, 0.5) is 24.5 Å². The summed E-state index contributed by atoms with van der Waals surface area (Å²) in [6.45, 7) is 0. The molecule has 9 heteroatoms. The highest BCUT2D eigenvalue weighted by Gasteiger charge is 2.22. The molecule has 0 atom stereocenters. The van der Waals surface area contributed by atoms with Gasteiger partial charge in [-0.3, -0.25) is 4.72 Å². The first kappa shape index (κ1) is 15.6. The number of nitrogens with two attached hydrogens (primary N) is 1. The minimum Gasteiger partial charge on any atom is -0.395 e. The van der Waals surface area contributed by atoms with Crippen molar-refractivity contribution in [1.82, 2.24) is 0 Å². The summed E-state index contributed by atoms with van der Waals surface area (Å²) in [6.07, 6.45) is 0. The quantitative estimate of drug-likeness (QED) is 0.802. The molecule has 4 nitrogen and oxygen atoms in total. The maximum absolute atomic E-state index is 13.6. The predicted molar refractivity (Wildman–Crippen MR) is 75.7 cm³/mol. The Kier molecular flexibility index (Phi) is 4.15. The Labute approximate surface area is 127 Å². The van der Waals surface area contributed by atoms with E-state index in [4.69, 9.17) is 5.73 Å². The Bertz CT molecular complexity index is 789. The molecule has 0 aromatic heterocycles. The molecule has 0 saturated carbocycles. The van der Waals surface area contributed by atoms with Crippen LogP contribution in [0.2, 0.25) is 0 Å². The molecule has 0 saturated heterocycles. The highest BCUT2D eigenvalue weighted by atomic mass is 79.9. The summed E-state index contributed by atoms with van der Waals surface area (Å²) in [5.74, 6) is -2.93. The van der Waals surface area contributed by atoms with Gasteiger partial charge in [0.15, 0.2) is 5.82 Å². The normalized spacial score (nSPS) is 11.4. The number of nitrogens with one attached hydrogen (secondary N) is 1. The zero-order valence-corrected chi connectivity index (χ0v) is 12.6. The van der Waals surface area contributed by atoms with Gasteiger partial charge in [0.25, 0.3) is 10.0 Å². The van der Waals surface area contributed by atoms with Gasteiger partial charge in [0.05, 0.1) is 11.4 Å². The molecule has 0 aliphatic heterocycles. The van der Waals surface area contributed by atoms with Crippen molar-refractivity contribution in [3.63, 3.8) is 0 Å². The Hall–Kier alpha value is -1.74. The van der Waals surface area contributed by atoms with E-state index in [1.807, 2.05) is 4.72 Å². The number of halogens is 4. The van der Waals surface area contributed by atoms with Crippen LogP contribution in [0.5, 0.6) is 0 Å². The Morgan fingerprint density at radius 1 is 1.10 bits per heavy atom. The molecule has 0 fully saturated rings. The van der Waals surface area contributed by atoms with Crippen LogP contribution in [0, 0.1) is 17.5 Å². The molecule has 0 heterocycles. The summed E-state index contributed by atoms with van der Waals surface area (Å²) in [6, 6.07) is 4.60. The van der Waals surface area contributed by atoms with E-state index in [0.717, 1.165) is 24.3 Å². The molecule has 0 aliphatic carbocycles. The van der Waals surface area contributed by atoms with Crippen molar-refractivity contribution in [2.75, 3.05) is 10.5 Å². The zero-order valence-electron chi connectivity index (χ0n) is 10.2. The monoisotopic (exact) mass is 380 g/mol. The maximum Gasteiger partial charge on any atom is 0.264 e. The smallest absolute Gasteiger partial charge is 0.264 e. The average molecular weight is 381 g/mol. The molecule has 21 heavy (non-hydrogen) atoms. The highest BCUT2D eigenvalue weighted by molar-refractivity contribution is 9.10.